The van der Waals surface area contributed by atoms with E-state index in [2.05, 4.69) is 10.1 Å². The molecule has 0 saturated heterocycles. The van der Waals surface area contributed by atoms with Crippen molar-refractivity contribution in [3.05, 3.63) is 40.8 Å². The van der Waals surface area contributed by atoms with Crippen molar-refractivity contribution in [2.24, 2.45) is 0 Å². The van der Waals surface area contributed by atoms with Crippen molar-refractivity contribution in [2.75, 3.05) is 0 Å². The van der Waals surface area contributed by atoms with Gasteiger partial charge in [0, 0.05) is 23.8 Å². The first-order valence-electron chi connectivity index (χ1n) is 5.96. The van der Waals surface area contributed by atoms with Gasteiger partial charge in [0.15, 0.2) is 5.65 Å². The molecule has 3 rings (SSSR count). The lowest BCUT2D eigenvalue weighted by Crippen LogP contribution is -2.10. The van der Waals surface area contributed by atoms with Crippen molar-refractivity contribution in [1.29, 1.82) is 0 Å². The zero-order valence-electron chi connectivity index (χ0n) is 10.3. The van der Waals surface area contributed by atoms with Crippen molar-refractivity contribution in [3.8, 4) is 11.3 Å². The molecule has 0 bridgehead atoms. The molecule has 104 valence electrons. The number of fused-ring (bicyclic) bond motifs is 1. The van der Waals surface area contributed by atoms with Gasteiger partial charge >= 0.3 is 6.18 Å². The van der Waals surface area contributed by atoms with E-state index in [9.17, 15) is 13.2 Å². The molecule has 0 aliphatic rings. The van der Waals surface area contributed by atoms with E-state index in [4.69, 9.17) is 0 Å². The Morgan fingerprint density at radius 1 is 1.20 bits per heavy atom. The first-order chi connectivity index (χ1) is 9.53. The first-order valence-corrected chi connectivity index (χ1v) is 6.90. The summed E-state index contributed by atoms with van der Waals surface area (Å²) in [6.45, 7) is 0. The maximum absolute atomic E-state index is 12.3. The highest BCUT2D eigenvalue weighted by atomic mass is 32.1. The van der Waals surface area contributed by atoms with Gasteiger partial charge in [0.05, 0.1) is 17.6 Å². The molecule has 0 N–H and O–H groups in total. The number of aromatic nitrogens is 3. The van der Waals surface area contributed by atoms with Crippen molar-refractivity contribution in [1.82, 2.24) is 14.6 Å². The van der Waals surface area contributed by atoms with Gasteiger partial charge in [-0.1, -0.05) is 0 Å². The summed E-state index contributed by atoms with van der Waals surface area (Å²) in [4.78, 5) is 4.21. The molecule has 0 radical (unpaired) electrons. The van der Waals surface area contributed by atoms with Crippen LogP contribution in [0.15, 0.2) is 35.2 Å². The Bertz CT molecular complexity index is 716. The molecule has 0 aromatic carbocycles. The Morgan fingerprint density at radius 3 is 2.75 bits per heavy atom. The predicted molar refractivity (Wildman–Crippen MR) is 70.7 cm³/mol. The van der Waals surface area contributed by atoms with Crippen LogP contribution in [0.4, 0.5) is 13.2 Å². The molecule has 0 spiro atoms. The molecule has 3 nitrogen and oxygen atoms in total. The molecule has 3 heterocycles. The molecule has 0 aliphatic heterocycles. The lowest BCUT2D eigenvalue weighted by Gasteiger charge is -2.06. The van der Waals surface area contributed by atoms with Crippen LogP contribution in [-0.2, 0) is 6.42 Å². The highest BCUT2D eigenvalue weighted by Gasteiger charge is 2.26. The van der Waals surface area contributed by atoms with E-state index < -0.39 is 12.6 Å². The highest BCUT2D eigenvalue weighted by molar-refractivity contribution is 7.08. The summed E-state index contributed by atoms with van der Waals surface area (Å²) in [5.74, 6) is 0. The summed E-state index contributed by atoms with van der Waals surface area (Å²) in [5.41, 5.74) is 2.78. The molecule has 0 saturated carbocycles. The van der Waals surface area contributed by atoms with Crippen LogP contribution in [0.2, 0.25) is 0 Å². The fourth-order valence-corrected chi connectivity index (χ4v) is 2.57. The number of thiophene rings is 1. The second-order valence-corrected chi connectivity index (χ2v) is 5.15. The fraction of sp³-hybridized carbons (Fsp3) is 0.231. The van der Waals surface area contributed by atoms with Crippen LogP contribution in [0.1, 0.15) is 12.1 Å². The summed E-state index contributed by atoms with van der Waals surface area (Å²) in [7, 11) is 0. The second kappa shape index (κ2) is 4.90. The topological polar surface area (TPSA) is 30.2 Å². The van der Waals surface area contributed by atoms with Crippen LogP contribution in [0.25, 0.3) is 16.9 Å². The van der Waals surface area contributed by atoms with E-state index in [1.807, 2.05) is 16.8 Å². The molecule has 7 heteroatoms. The Hall–Kier alpha value is -1.89. The van der Waals surface area contributed by atoms with E-state index in [-0.39, 0.29) is 6.42 Å². The fourth-order valence-electron chi connectivity index (χ4n) is 1.92. The van der Waals surface area contributed by atoms with Crippen molar-refractivity contribution in [2.45, 2.75) is 19.0 Å². The molecular weight excluding hydrogens is 287 g/mol. The van der Waals surface area contributed by atoms with Gasteiger partial charge in [0.2, 0.25) is 0 Å². The van der Waals surface area contributed by atoms with E-state index in [0.717, 1.165) is 11.3 Å². The van der Waals surface area contributed by atoms with Crippen molar-refractivity contribution >= 4 is 17.0 Å². The number of rotatable bonds is 3. The standard InChI is InChI=1S/C13H10F3N3S/c14-13(15,16)5-3-10-1-2-12-17-7-11(19(12)18-10)9-4-6-20-8-9/h1-2,4,6-8H,3,5H2. The minimum absolute atomic E-state index is 0.124. The van der Waals surface area contributed by atoms with Crippen LogP contribution in [-0.4, -0.2) is 20.8 Å². The second-order valence-electron chi connectivity index (χ2n) is 4.37. The van der Waals surface area contributed by atoms with Crippen LogP contribution in [0.5, 0.6) is 0 Å². The summed E-state index contributed by atoms with van der Waals surface area (Å²) < 4.78 is 38.3. The number of hydrogen-bond donors (Lipinski definition) is 0. The van der Waals surface area contributed by atoms with Gasteiger partial charge in [-0.25, -0.2) is 9.50 Å². The smallest absolute Gasteiger partial charge is 0.235 e. The monoisotopic (exact) mass is 297 g/mol. The Balaban J connectivity index is 1.95. The average molecular weight is 297 g/mol. The minimum atomic E-state index is -4.16. The maximum Gasteiger partial charge on any atom is 0.389 e. The van der Waals surface area contributed by atoms with E-state index in [0.29, 0.717) is 11.3 Å². The molecule has 0 aliphatic carbocycles. The van der Waals surface area contributed by atoms with Gasteiger partial charge in [-0.05, 0) is 23.6 Å². The first kappa shape index (κ1) is 13.1. The lowest BCUT2D eigenvalue weighted by atomic mass is 10.2. The molecular formula is C13H10F3N3S. The molecule has 3 aromatic rings. The third-order valence-corrected chi connectivity index (χ3v) is 3.58. The zero-order valence-corrected chi connectivity index (χ0v) is 11.1. The van der Waals surface area contributed by atoms with Crippen LogP contribution < -0.4 is 0 Å². The zero-order chi connectivity index (χ0) is 14.2. The van der Waals surface area contributed by atoms with Gasteiger partial charge in [-0.3, -0.25) is 0 Å². The Kier molecular flexibility index (Phi) is 3.21. The molecule has 20 heavy (non-hydrogen) atoms. The minimum Gasteiger partial charge on any atom is -0.235 e. The van der Waals surface area contributed by atoms with Crippen LogP contribution >= 0.6 is 11.3 Å². The summed E-state index contributed by atoms with van der Waals surface area (Å²) in [6, 6.07) is 5.21. The van der Waals surface area contributed by atoms with Gasteiger partial charge in [0.1, 0.15) is 0 Å². The maximum atomic E-state index is 12.3. The normalized spacial score (nSPS) is 12.2. The average Bonchev–Trinajstić information content (AvgIpc) is 3.03. The van der Waals surface area contributed by atoms with Crippen LogP contribution in [0.3, 0.4) is 0 Å². The largest absolute Gasteiger partial charge is 0.389 e. The number of halogens is 3. The summed E-state index contributed by atoms with van der Waals surface area (Å²) in [6.07, 6.45) is -3.48. The highest BCUT2D eigenvalue weighted by Crippen LogP contribution is 2.24. The number of imidazole rings is 1. The Morgan fingerprint density at radius 2 is 2.05 bits per heavy atom. The number of hydrogen-bond acceptors (Lipinski definition) is 3. The summed E-state index contributed by atoms with van der Waals surface area (Å²) >= 11 is 1.55. The molecule has 3 aromatic heterocycles. The van der Waals surface area contributed by atoms with E-state index in [1.165, 1.54) is 0 Å². The number of nitrogens with zero attached hydrogens (tertiary/aromatic N) is 3. The van der Waals surface area contributed by atoms with Gasteiger partial charge in [-0.15, -0.1) is 0 Å². The van der Waals surface area contributed by atoms with Crippen molar-refractivity contribution in [3.63, 3.8) is 0 Å². The van der Waals surface area contributed by atoms with Gasteiger partial charge in [-0.2, -0.15) is 29.6 Å². The third kappa shape index (κ3) is 2.67. The SMILES string of the molecule is FC(F)(F)CCc1ccc2ncc(-c3ccsc3)n2n1. The predicted octanol–water partition coefficient (Wildman–Crippen LogP) is 3.95. The third-order valence-electron chi connectivity index (χ3n) is 2.90. The molecule has 0 fully saturated rings. The van der Waals surface area contributed by atoms with Gasteiger partial charge < -0.3 is 0 Å². The van der Waals surface area contributed by atoms with Gasteiger partial charge in [0.25, 0.3) is 0 Å². The lowest BCUT2D eigenvalue weighted by molar-refractivity contribution is -0.134. The number of alkyl halides is 3. The van der Waals surface area contributed by atoms with E-state index >= 15 is 0 Å². The summed E-state index contributed by atoms with van der Waals surface area (Å²) in [5, 5.41) is 8.14. The molecule has 0 atom stereocenters. The van der Waals surface area contributed by atoms with Crippen LogP contribution in [0, 0.1) is 0 Å². The van der Waals surface area contributed by atoms with Crippen molar-refractivity contribution < 1.29 is 13.2 Å². The number of aryl methyl sites for hydroxylation is 1. The van der Waals surface area contributed by atoms with E-state index in [1.54, 1.807) is 34.2 Å². The quantitative estimate of drug-likeness (QED) is 0.732. The molecule has 0 unspecified atom stereocenters. The Labute approximate surface area is 116 Å². The molecule has 0 amide bonds.